The monoisotopic (exact) mass is 379 g/mol. The van der Waals surface area contributed by atoms with Gasteiger partial charge < -0.3 is 15.0 Å². The van der Waals surface area contributed by atoms with Gasteiger partial charge in [-0.3, -0.25) is 4.79 Å². The van der Waals surface area contributed by atoms with Crippen molar-refractivity contribution in [3.8, 4) is 5.75 Å². The maximum Gasteiger partial charge on any atom is 0.400 e. The number of amides is 2. The van der Waals surface area contributed by atoms with Gasteiger partial charge in [0.2, 0.25) is 0 Å². The lowest BCUT2D eigenvalue weighted by Crippen LogP contribution is -2.50. The maximum atomic E-state index is 12.1. The van der Waals surface area contributed by atoms with Crippen LogP contribution in [0.1, 0.15) is 12.0 Å². The Labute approximate surface area is 150 Å². The van der Waals surface area contributed by atoms with Gasteiger partial charge in [-0.05, 0) is 36.2 Å². The molecule has 0 aromatic heterocycles. The van der Waals surface area contributed by atoms with Gasteiger partial charge in [0, 0.05) is 6.42 Å². The smallest absolute Gasteiger partial charge is 0.400 e. The predicted octanol–water partition coefficient (Wildman–Crippen LogP) is 1.42. The number of carboxylic acid groups (broad SMARTS) is 1. The number of para-hydroxylation sites is 1. The van der Waals surface area contributed by atoms with Crippen LogP contribution in [0.4, 0.5) is 10.5 Å². The highest BCUT2D eigenvalue weighted by Crippen LogP contribution is 2.16. The minimum absolute atomic E-state index is 0.0452. The number of nitrogens with zero attached hydrogens (tertiary/aromatic N) is 1. The normalized spacial score (nSPS) is 10.9. The SMILES string of the molecule is NC(=O)N(NS(=O)(=O)Oc1ccccc1)c1ccc(CCC(=O)O)cc1. The third-order valence-electron chi connectivity index (χ3n) is 3.19. The average molecular weight is 379 g/mol. The van der Waals surface area contributed by atoms with E-state index in [4.69, 9.17) is 15.0 Å². The van der Waals surface area contributed by atoms with E-state index in [9.17, 15) is 18.0 Å². The van der Waals surface area contributed by atoms with Crippen molar-refractivity contribution in [2.45, 2.75) is 12.8 Å². The molecule has 2 rings (SSSR count). The van der Waals surface area contributed by atoms with E-state index in [2.05, 4.69) is 0 Å². The van der Waals surface area contributed by atoms with Crippen LogP contribution in [0, 0.1) is 0 Å². The zero-order valence-electron chi connectivity index (χ0n) is 13.5. The van der Waals surface area contributed by atoms with Gasteiger partial charge >= 0.3 is 22.3 Å². The lowest BCUT2D eigenvalue weighted by atomic mass is 10.1. The van der Waals surface area contributed by atoms with Crippen LogP contribution in [-0.2, 0) is 21.5 Å². The summed E-state index contributed by atoms with van der Waals surface area (Å²) in [4.78, 5) is 24.1. The summed E-state index contributed by atoms with van der Waals surface area (Å²) in [5.41, 5.74) is 6.09. The highest BCUT2D eigenvalue weighted by atomic mass is 32.2. The van der Waals surface area contributed by atoms with Crippen LogP contribution in [0.25, 0.3) is 0 Å². The van der Waals surface area contributed by atoms with Crippen molar-refractivity contribution >= 4 is 28.0 Å². The van der Waals surface area contributed by atoms with Gasteiger partial charge in [-0.1, -0.05) is 35.2 Å². The number of carboxylic acids is 1. The first-order chi connectivity index (χ1) is 12.3. The molecule has 0 bridgehead atoms. The molecule has 4 N–H and O–H groups in total. The fourth-order valence-electron chi connectivity index (χ4n) is 2.02. The Morgan fingerprint density at radius 2 is 1.69 bits per heavy atom. The van der Waals surface area contributed by atoms with Gasteiger partial charge in [0.05, 0.1) is 5.69 Å². The molecule has 0 saturated heterocycles. The first kappa shape index (κ1) is 19.2. The number of carbonyl (C=O) groups excluding carboxylic acids is 1. The number of aryl methyl sites for hydroxylation is 1. The van der Waals surface area contributed by atoms with Crippen molar-refractivity contribution in [3.63, 3.8) is 0 Å². The van der Waals surface area contributed by atoms with Crippen molar-refractivity contribution < 1.29 is 27.3 Å². The molecule has 0 aliphatic rings. The summed E-state index contributed by atoms with van der Waals surface area (Å²) in [5, 5.41) is 9.29. The lowest BCUT2D eigenvalue weighted by molar-refractivity contribution is -0.136. The molecule has 0 radical (unpaired) electrons. The molecule has 10 heteroatoms. The van der Waals surface area contributed by atoms with Crippen molar-refractivity contribution in [2.75, 3.05) is 5.01 Å². The number of hydrogen-bond acceptors (Lipinski definition) is 5. The molecule has 2 aromatic carbocycles. The van der Waals surface area contributed by atoms with E-state index in [1.54, 1.807) is 30.3 Å². The molecule has 0 heterocycles. The number of anilines is 1. The lowest BCUT2D eigenvalue weighted by Gasteiger charge is -2.21. The van der Waals surface area contributed by atoms with Crippen LogP contribution in [0.5, 0.6) is 5.75 Å². The quantitative estimate of drug-likeness (QED) is 0.593. The number of urea groups is 1. The van der Waals surface area contributed by atoms with Gasteiger partial charge in [-0.25, -0.2) is 9.80 Å². The Kier molecular flexibility index (Phi) is 6.15. The fourth-order valence-corrected chi connectivity index (χ4v) is 2.84. The number of hydrazine groups is 1. The Morgan fingerprint density at radius 3 is 2.23 bits per heavy atom. The summed E-state index contributed by atoms with van der Waals surface area (Å²) in [6.07, 6.45) is 0.255. The van der Waals surface area contributed by atoms with Crippen molar-refractivity contribution in [1.82, 2.24) is 4.83 Å². The first-order valence-corrected chi connectivity index (χ1v) is 8.85. The number of benzene rings is 2. The molecular formula is C16H17N3O6S. The molecule has 0 saturated carbocycles. The molecule has 138 valence electrons. The molecule has 26 heavy (non-hydrogen) atoms. The van der Waals surface area contributed by atoms with Crippen LogP contribution >= 0.6 is 0 Å². The highest BCUT2D eigenvalue weighted by Gasteiger charge is 2.22. The number of carbonyl (C=O) groups is 2. The Hall–Kier alpha value is -3.11. The van der Waals surface area contributed by atoms with E-state index in [-0.39, 0.29) is 17.9 Å². The molecular weight excluding hydrogens is 362 g/mol. The minimum atomic E-state index is -4.36. The summed E-state index contributed by atoms with van der Waals surface area (Å²) in [5.74, 6) is -0.868. The third kappa shape index (κ3) is 5.76. The van der Waals surface area contributed by atoms with Crippen molar-refractivity contribution in [2.24, 2.45) is 5.73 Å². The summed E-state index contributed by atoms with van der Waals surface area (Å²) in [6, 6.07) is 12.7. The molecule has 9 nitrogen and oxygen atoms in total. The Bertz CT molecular complexity index is 869. The molecule has 0 aliphatic carbocycles. The zero-order chi connectivity index (χ0) is 19.2. The summed E-state index contributed by atoms with van der Waals surface area (Å²) < 4.78 is 29.0. The highest BCUT2D eigenvalue weighted by molar-refractivity contribution is 7.85. The third-order valence-corrected chi connectivity index (χ3v) is 4.01. The molecule has 2 aromatic rings. The zero-order valence-corrected chi connectivity index (χ0v) is 14.3. The van der Waals surface area contributed by atoms with Crippen LogP contribution in [-0.4, -0.2) is 25.5 Å². The number of aliphatic carboxylic acids is 1. The largest absolute Gasteiger partial charge is 0.481 e. The van der Waals surface area contributed by atoms with Crippen molar-refractivity contribution in [3.05, 3.63) is 60.2 Å². The van der Waals surface area contributed by atoms with E-state index in [0.717, 1.165) is 0 Å². The summed E-state index contributed by atoms with van der Waals surface area (Å²) >= 11 is 0. The molecule has 0 aliphatic heterocycles. The molecule has 0 unspecified atom stereocenters. The van der Waals surface area contributed by atoms with E-state index in [1.165, 1.54) is 24.3 Å². The van der Waals surface area contributed by atoms with Crippen LogP contribution in [0.2, 0.25) is 0 Å². The van der Waals surface area contributed by atoms with Crippen LogP contribution < -0.4 is 19.8 Å². The molecule has 0 spiro atoms. The summed E-state index contributed by atoms with van der Waals surface area (Å²) in [7, 11) is -4.36. The Balaban J connectivity index is 2.13. The standard InChI is InChI=1S/C16H17N3O6S/c17-16(22)19(13-9-6-12(7-10-13)8-11-15(20)21)18-26(23,24)25-14-4-2-1-3-5-14/h1-7,9-10,18H,8,11H2,(H2,17,22)(H,20,21). The maximum absolute atomic E-state index is 12.1. The van der Waals surface area contributed by atoms with Gasteiger partial charge in [0.1, 0.15) is 5.75 Å². The second-order valence-corrected chi connectivity index (χ2v) is 6.43. The number of primary amides is 1. The number of rotatable bonds is 8. The molecule has 0 atom stereocenters. The number of nitrogens with one attached hydrogen (secondary N) is 1. The second kappa shape index (κ2) is 8.32. The van der Waals surface area contributed by atoms with E-state index in [0.29, 0.717) is 17.0 Å². The second-order valence-electron chi connectivity index (χ2n) is 5.18. The van der Waals surface area contributed by atoms with Gasteiger partial charge in [0.15, 0.2) is 0 Å². The summed E-state index contributed by atoms with van der Waals surface area (Å²) in [6.45, 7) is 0. The molecule has 2 amide bonds. The van der Waals surface area contributed by atoms with E-state index >= 15 is 0 Å². The predicted molar refractivity (Wildman–Crippen MR) is 93.6 cm³/mol. The topological polar surface area (TPSA) is 139 Å². The number of hydrogen-bond donors (Lipinski definition) is 3. The van der Waals surface area contributed by atoms with Gasteiger partial charge in [-0.15, -0.1) is 0 Å². The van der Waals surface area contributed by atoms with Crippen LogP contribution in [0.3, 0.4) is 0 Å². The number of nitrogens with two attached hydrogens (primary N) is 1. The first-order valence-electron chi connectivity index (χ1n) is 7.44. The average Bonchev–Trinajstić information content (AvgIpc) is 2.59. The fraction of sp³-hybridized carbons (Fsp3) is 0.125. The van der Waals surface area contributed by atoms with Crippen LogP contribution in [0.15, 0.2) is 54.6 Å². The van der Waals surface area contributed by atoms with E-state index < -0.39 is 22.3 Å². The Morgan fingerprint density at radius 1 is 1.08 bits per heavy atom. The van der Waals surface area contributed by atoms with Gasteiger partial charge in [-0.2, -0.15) is 8.42 Å². The van der Waals surface area contributed by atoms with Crippen molar-refractivity contribution in [1.29, 1.82) is 0 Å². The minimum Gasteiger partial charge on any atom is -0.481 e. The molecule has 0 fully saturated rings. The van der Waals surface area contributed by atoms with Gasteiger partial charge in [0.25, 0.3) is 0 Å². The van der Waals surface area contributed by atoms with E-state index in [1.807, 2.05) is 4.83 Å².